The third-order valence-corrected chi connectivity index (χ3v) is 4.90. The predicted molar refractivity (Wildman–Crippen MR) is 133 cm³/mol. The molecule has 1 aliphatic rings. The number of rotatable bonds is 8. The molecule has 0 saturated carbocycles. The van der Waals surface area contributed by atoms with Gasteiger partial charge in [0.15, 0.2) is 17.5 Å². The van der Waals surface area contributed by atoms with Crippen molar-refractivity contribution in [1.82, 2.24) is 10.6 Å². The minimum atomic E-state index is 0. The molecule has 1 saturated heterocycles. The SMILES string of the molecule is CCNC(=NCc1ccc(C)cc1OC1CCOC1)NCc1cccc(OC)c1O.I. The van der Waals surface area contributed by atoms with Crippen LogP contribution < -0.4 is 20.1 Å². The van der Waals surface area contributed by atoms with E-state index in [0.29, 0.717) is 31.4 Å². The van der Waals surface area contributed by atoms with Crippen LogP contribution in [-0.4, -0.2) is 44.0 Å². The van der Waals surface area contributed by atoms with Gasteiger partial charge in [-0.15, -0.1) is 24.0 Å². The molecule has 1 unspecified atom stereocenters. The third-order valence-electron chi connectivity index (χ3n) is 4.90. The summed E-state index contributed by atoms with van der Waals surface area (Å²) in [7, 11) is 1.54. The number of guanidine groups is 1. The Bertz CT molecular complexity index is 870. The van der Waals surface area contributed by atoms with Gasteiger partial charge in [-0.1, -0.05) is 24.3 Å². The molecule has 1 aliphatic heterocycles. The van der Waals surface area contributed by atoms with Gasteiger partial charge in [0.05, 0.1) is 26.9 Å². The number of nitrogens with zero attached hydrogens (tertiary/aromatic N) is 1. The van der Waals surface area contributed by atoms with Crippen molar-refractivity contribution in [2.75, 3.05) is 26.9 Å². The summed E-state index contributed by atoms with van der Waals surface area (Å²) in [4.78, 5) is 4.71. The maximum Gasteiger partial charge on any atom is 0.191 e. The number of hydrogen-bond acceptors (Lipinski definition) is 5. The van der Waals surface area contributed by atoms with Crippen molar-refractivity contribution < 1.29 is 19.3 Å². The lowest BCUT2D eigenvalue weighted by Crippen LogP contribution is -2.36. The molecule has 0 aromatic heterocycles. The molecule has 1 heterocycles. The number of phenols is 1. The minimum Gasteiger partial charge on any atom is -0.504 e. The molecule has 0 radical (unpaired) electrons. The molecule has 0 spiro atoms. The van der Waals surface area contributed by atoms with Crippen LogP contribution in [0.15, 0.2) is 41.4 Å². The van der Waals surface area contributed by atoms with E-state index in [4.69, 9.17) is 19.2 Å². The highest BCUT2D eigenvalue weighted by Gasteiger charge is 2.18. The molecule has 2 aromatic carbocycles. The summed E-state index contributed by atoms with van der Waals surface area (Å²) in [6.45, 7) is 7.07. The van der Waals surface area contributed by atoms with E-state index in [9.17, 15) is 5.11 Å². The monoisotopic (exact) mass is 541 g/mol. The topological polar surface area (TPSA) is 84.3 Å². The summed E-state index contributed by atoms with van der Waals surface area (Å²) in [5.74, 6) is 2.11. The molecule has 3 rings (SSSR count). The van der Waals surface area contributed by atoms with E-state index in [2.05, 4.69) is 35.8 Å². The summed E-state index contributed by atoms with van der Waals surface area (Å²) in [6.07, 6.45) is 1.00. The van der Waals surface area contributed by atoms with Gasteiger partial charge in [-0.25, -0.2) is 4.99 Å². The van der Waals surface area contributed by atoms with E-state index < -0.39 is 0 Å². The number of benzene rings is 2. The van der Waals surface area contributed by atoms with Crippen LogP contribution >= 0.6 is 24.0 Å². The van der Waals surface area contributed by atoms with Gasteiger partial charge in [0.2, 0.25) is 0 Å². The summed E-state index contributed by atoms with van der Waals surface area (Å²) in [6, 6.07) is 11.6. The molecule has 7 nitrogen and oxygen atoms in total. The van der Waals surface area contributed by atoms with Crippen molar-refractivity contribution in [3.8, 4) is 17.2 Å². The number of aliphatic imine (C=N–C) groups is 1. The fraction of sp³-hybridized carbons (Fsp3) is 0.435. The van der Waals surface area contributed by atoms with Crippen LogP contribution in [0.4, 0.5) is 0 Å². The number of ether oxygens (including phenoxy) is 3. The lowest BCUT2D eigenvalue weighted by atomic mass is 10.1. The van der Waals surface area contributed by atoms with Gasteiger partial charge in [-0.3, -0.25) is 0 Å². The Morgan fingerprint density at radius 3 is 2.74 bits per heavy atom. The van der Waals surface area contributed by atoms with Gasteiger partial charge in [-0.05, 0) is 31.5 Å². The summed E-state index contributed by atoms with van der Waals surface area (Å²) in [5, 5.41) is 16.8. The number of nitrogens with one attached hydrogen (secondary N) is 2. The standard InChI is InChI=1S/C23H31N3O4.HI/c1-4-24-23(26-14-18-6-5-7-20(28-3)22(18)27)25-13-17-9-8-16(2)12-21(17)30-19-10-11-29-15-19;/h5-9,12,19,27H,4,10-11,13-15H2,1-3H3,(H2,24,25,26);1H. The Labute approximate surface area is 201 Å². The fourth-order valence-corrected chi connectivity index (χ4v) is 3.25. The number of methoxy groups -OCH3 is 1. The second kappa shape index (κ2) is 12.6. The highest BCUT2D eigenvalue weighted by atomic mass is 127. The Morgan fingerprint density at radius 2 is 2.03 bits per heavy atom. The van der Waals surface area contributed by atoms with Crippen LogP contribution in [0.25, 0.3) is 0 Å². The average Bonchev–Trinajstić information content (AvgIpc) is 3.25. The highest BCUT2D eigenvalue weighted by Crippen LogP contribution is 2.29. The van der Waals surface area contributed by atoms with Crippen LogP contribution in [0, 0.1) is 6.92 Å². The molecule has 1 fully saturated rings. The summed E-state index contributed by atoms with van der Waals surface area (Å²) < 4.78 is 16.8. The Hall–Kier alpha value is -2.20. The van der Waals surface area contributed by atoms with Gasteiger partial charge in [0.25, 0.3) is 0 Å². The lowest BCUT2D eigenvalue weighted by Gasteiger charge is -2.17. The number of aromatic hydroxyl groups is 1. The van der Waals surface area contributed by atoms with Crippen LogP contribution in [0.5, 0.6) is 17.2 Å². The van der Waals surface area contributed by atoms with Gasteiger partial charge in [0, 0.05) is 30.6 Å². The maximum atomic E-state index is 10.3. The van der Waals surface area contributed by atoms with Crippen molar-refractivity contribution in [2.24, 2.45) is 4.99 Å². The zero-order valence-electron chi connectivity index (χ0n) is 18.3. The van der Waals surface area contributed by atoms with Gasteiger partial charge < -0.3 is 30.0 Å². The number of aryl methyl sites for hydroxylation is 1. The van der Waals surface area contributed by atoms with Gasteiger partial charge in [-0.2, -0.15) is 0 Å². The minimum absolute atomic E-state index is 0. The zero-order valence-corrected chi connectivity index (χ0v) is 20.6. The largest absolute Gasteiger partial charge is 0.504 e. The first-order valence-electron chi connectivity index (χ1n) is 10.3. The average molecular weight is 541 g/mol. The molecule has 31 heavy (non-hydrogen) atoms. The first-order chi connectivity index (χ1) is 14.6. The quantitative estimate of drug-likeness (QED) is 0.268. The molecule has 3 N–H and O–H groups in total. The smallest absolute Gasteiger partial charge is 0.191 e. The van der Waals surface area contributed by atoms with Crippen molar-refractivity contribution in [2.45, 2.75) is 39.5 Å². The van der Waals surface area contributed by atoms with E-state index in [-0.39, 0.29) is 35.8 Å². The fourth-order valence-electron chi connectivity index (χ4n) is 3.25. The molecule has 0 bridgehead atoms. The molecule has 0 aliphatic carbocycles. The molecule has 170 valence electrons. The van der Waals surface area contributed by atoms with E-state index >= 15 is 0 Å². The van der Waals surface area contributed by atoms with Crippen LogP contribution in [-0.2, 0) is 17.8 Å². The normalized spacial score (nSPS) is 15.8. The van der Waals surface area contributed by atoms with E-state index in [0.717, 1.165) is 42.0 Å². The maximum absolute atomic E-state index is 10.3. The lowest BCUT2D eigenvalue weighted by molar-refractivity contribution is 0.140. The van der Waals surface area contributed by atoms with E-state index in [1.807, 2.05) is 19.1 Å². The number of halogens is 1. The van der Waals surface area contributed by atoms with Crippen molar-refractivity contribution >= 4 is 29.9 Å². The molecule has 2 aromatic rings. The Kier molecular flexibility index (Phi) is 10.2. The summed E-state index contributed by atoms with van der Waals surface area (Å²) in [5.41, 5.74) is 2.91. The first-order valence-corrected chi connectivity index (χ1v) is 10.3. The first kappa shape index (κ1) is 25.1. The molecule has 8 heteroatoms. The van der Waals surface area contributed by atoms with Gasteiger partial charge in [0.1, 0.15) is 11.9 Å². The van der Waals surface area contributed by atoms with E-state index in [1.165, 1.54) is 7.11 Å². The van der Waals surface area contributed by atoms with Crippen LogP contribution in [0.2, 0.25) is 0 Å². The second-order valence-corrected chi connectivity index (χ2v) is 7.23. The molecular weight excluding hydrogens is 509 g/mol. The van der Waals surface area contributed by atoms with E-state index in [1.54, 1.807) is 6.07 Å². The van der Waals surface area contributed by atoms with Gasteiger partial charge >= 0.3 is 0 Å². The molecular formula is C23H32IN3O4. The number of phenolic OH excluding ortho intramolecular Hbond substituents is 1. The van der Waals surface area contributed by atoms with Crippen molar-refractivity contribution in [1.29, 1.82) is 0 Å². The second-order valence-electron chi connectivity index (χ2n) is 7.23. The predicted octanol–water partition coefficient (Wildman–Crippen LogP) is 3.75. The summed E-state index contributed by atoms with van der Waals surface area (Å²) >= 11 is 0. The van der Waals surface area contributed by atoms with Crippen molar-refractivity contribution in [3.05, 3.63) is 53.1 Å². The van der Waals surface area contributed by atoms with Crippen LogP contribution in [0.3, 0.4) is 0 Å². The van der Waals surface area contributed by atoms with Crippen LogP contribution in [0.1, 0.15) is 30.0 Å². The molecule has 1 atom stereocenters. The zero-order chi connectivity index (χ0) is 21.3. The Morgan fingerprint density at radius 1 is 1.19 bits per heavy atom. The number of hydrogen-bond donors (Lipinski definition) is 3. The highest BCUT2D eigenvalue weighted by molar-refractivity contribution is 14.0. The Balaban J connectivity index is 0.00000341. The third kappa shape index (κ3) is 7.17. The number of para-hydroxylation sites is 1. The molecule has 0 amide bonds. The van der Waals surface area contributed by atoms with Crippen molar-refractivity contribution in [3.63, 3.8) is 0 Å².